The average molecular weight is 449 g/mol. The number of thiazole rings is 1. The molecule has 1 saturated heterocycles. The van der Waals surface area contributed by atoms with E-state index >= 15 is 0 Å². The number of anilines is 2. The number of piperidine rings is 1. The summed E-state index contributed by atoms with van der Waals surface area (Å²) >= 11 is 1.36. The number of carbonyl (C=O) groups excluding carboxylic acids is 1. The van der Waals surface area contributed by atoms with E-state index in [1.165, 1.54) is 11.3 Å². The van der Waals surface area contributed by atoms with Gasteiger partial charge in [-0.05, 0) is 31.5 Å². The molecule has 0 bridgehead atoms. The Morgan fingerprint density at radius 1 is 1.31 bits per heavy atom. The molecule has 1 amide bonds. The fourth-order valence-electron chi connectivity index (χ4n) is 3.69. The second-order valence-corrected chi connectivity index (χ2v) is 8.40. The molecule has 0 radical (unpaired) electrons. The number of nitrogens with zero attached hydrogens (tertiary/aromatic N) is 6. The second kappa shape index (κ2) is 10.7. The monoisotopic (exact) mass is 448 g/mol. The molecule has 3 aromatic heterocycles. The number of nitrogens with one attached hydrogen (secondary N) is 2. The number of carbonyl (C=O) groups is 1. The summed E-state index contributed by atoms with van der Waals surface area (Å²) in [6.07, 6.45) is 7.68. The van der Waals surface area contributed by atoms with Crippen molar-refractivity contribution in [1.29, 1.82) is 5.26 Å². The van der Waals surface area contributed by atoms with Crippen LogP contribution < -0.4 is 10.6 Å². The number of rotatable bonds is 8. The lowest BCUT2D eigenvalue weighted by atomic mass is 9.94. The molecule has 0 aliphatic carbocycles. The van der Waals surface area contributed by atoms with Crippen LogP contribution in [0.1, 0.15) is 40.6 Å². The van der Waals surface area contributed by atoms with Crippen molar-refractivity contribution >= 4 is 28.2 Å². The summed E-state index contributed by atoms with van der Waals surface area (Å²) in [4.78, 5) is 31.9. The highest BCUT2D eigenvalue weighted by Gasteiger charge is 2.22. The lowest BCUT2D eigenvalue weighted by Crippen LogP contribution is -2.34. The van der Waals surface area contributed by atoms with E-state index in [0.29, 0.717) is 42.1 Å². The van der Waals surface area contributed by atoms with Crippen molar-refractivity contribution in [3.8, 4) is 6.07 Å². The Hall–Kier alpha value is -3.42. The number of nitriles is 1. The number of pyridine rings is 1. The summed E-state index contributed by atoms with van der Waals surface area (Å²) in [6.45, 7) is 2.73. The van der Waals surface area contributed by atoms with Crippen molar-refractivity contribution in [3.63, 3.8) is 0 Å². The van der Waals surface area contributed by atoms with Gasteiger partial charge in [-0.25, -0.2) is 9.97 Å². The fourth-order valence-corrected chi connectivity index (χ4v) is 4.39. The molecule has 32 heavy (non-hydrogen) atoms. The molecule has 10 heteroatoms. The van der Waals surface area contributed by atoms with Crippen LogP contribution in [0.5, 0.6) is 0 Å². The van der Waals surface area contributed by atoms with Crippen molar-refractivity contribution in [2.45, 2.75) is 25.2 Å². The van der Waals surface area contributed by atoms with Crippen molar-refractivity contribution in [1.82, 2.24) is 30.2 Å². The molecule has 1 aliphatic heterocycles. The van der Waals surface area contributed by atoms with E-state index in [0.717, 1.165) is 37.3 Å². The zero-order valence-corrected chi connectivity index (χ0v) is 18.4. The molecule has 164 valence electrons. The predicted octanol–water partition coefficient (Wildman–Crippen LogP) is 2.75. The van der Waals surface area contributed by atoms with Crippen LogP contribution in [-0.4, -0.2) is 56.9 Å². The van der Waals surface area contributed by atoms with Crippen molar-refractivity contribution in [2.24, 2.45) is 0 Å². The number of aromatic nitrogens is 4. The topological polar surface area (TPSA) is 120 Å². The zero-order chi connectivity index (χ0) is 22.2. The minimum Gasteiger partial charge on any atom is -0.350 e. The molecule has 0 saturated carbocycles. The first-order valence-electron chi connectivity index (χ1n) is 10.5. The maximum atomic E-state index is 12.4. The van der Waals surface area contributed by atoms with Crippen LogP contribution in [0.4, 0.5) is 10.9 Å². The van der Waals surface area contributed by atoms with Gasteiger partial charge in [0, 0.05) is 55.1 Å². The van der Waals surface area contributed by atoms with E-state index in [1.807, 2.05) is 18.2 Å². The minimum atomic E-state index is -0.223. The summed E-state index contributed by atoms with van der Waals surface area (Å²) in [5.74, 6) is 0.786. The van der Waals surface area contributed by atoms with Gasteiger partial charge >= 0.3 is 0 Å². The maximum Gasteiger partial charge on any atom is 0.270 e. The van der Waals surface area contributed by atoms with Gasteiger partial charge in [-0.3, -0.25) is 19.7 Å². The minimum absolute atomic E-state index is 0.223. The number of hydrogen-bond acceptors (Lipinski definition) is 9. The number of hydrogen-bond donors (Lipinski definition) is 2. The van der Waals surface area contributed by atoms with Crippen molar-refractivity contribution < 1.29 is 4.79 Å². The molecule has 0 aromatic carbocycles. The molecule has 1 atom stereocenters. The Bertz CT molecular complexity index is 1080. The summed E-state index contributed by atoms with van der Waals surface area (Å²) in [6, 6.07) is 8.13. The Kier molecular flexibility index (Phi) is 7.32. The molecule has 2 N–H and O–H groups in total. The van der Waals surface area contributed by atoms with E-state index < -0.39 is 0 Å². The fraction of sp³-hybridized carbons (Fsp3) is 0.364. The normalized spacial score (nSPS) is 16.3. The Morgan fingerprint density at radius 2 is 2.25 bits per heavy atom. The third-order valence-electron chi connectivity index (χ3n) is 5.24. The lowest BCUT2D eigenvalue weighted by molar-refractivity contribution is 0.0950. The van der Waals surface area contributed by atoms with Crippen molar-refractivity contribution in [3.05, 3.63) is 59.3 Å². The van der Waals surface area contributed by atoms with Crippen LogP contribution in [0.15, 0.2) is 42.2 Å². The van der Waals surface area contributed by atoms with Gasteiger partial charge in [-0.2, -0.15) is 5.26 Å². The maximum absolute atomic E-state index is 12.4. The van der Waals surface area contributed by atoms with Crippen LogP contribution in [0.25, 0.3) is 0 Å². The van der Waals surface area contributed by atoms with Gasteiger partial charge in [0.2, 0.25) is 0 Å². The second-order valence-electron chi connectivity index (χ2n) is 7.55. The molecule has 1 fully saturated rings. The van der Waals surface area contributed by atoms with Gasteiger partial charge in [0.1, 0.15) is 11.5 Å². The number of likely N-dealkylation sites (tertiary alicyclic amines) is 1. The molecular formula is C22H24N8OS. The summed E-state index contributed by atoms with van der Waals surface area (Å²) in [7, 11) is 0. The van der Waals surface area contributed by atoms with Gasteiger partial charge in [0.15, 0.2) is 5.13 Å². The smallest absolute Gasteiger partial charge is 0.270 e. The van der Waals surface area contributed by atoms with E-state index in [-0.39, 0.29) is 5.91 Å². The van der Waals surface area contributed by atoms with Crippen molar-refractivity contribution in [2.75, 3.05) is 31.5 Å². The molecule has 3 aromatic rings. The largest absolute Gasteiger partial charge is 0.350 e. The van der Waals surface area contributed by atoms with Gasteiger partial charge in [0.25, 0.3) is 5.91 Å². The third-order valence-corrected chi connectivity index (χ3v) is 6.00. The Morgan fingerprint density at radius 3 is 3.09 bits per heavy atom. The zero-order valence-electron chi connectivity index (χ0n) is 17.6. The summed E-state index contributed by atoms with van der Waals surface area (Å²) < 4.78 is 0. The molecule has 0 unspecified atom stereocenters. The van der Waals surface area contributed by atoms with Crippen LogP contribution in [0.3, 0.4) is 0 Å². The van der Waals surface area contributed by atoms with Gasteiger partial charge in [-0.1, -0.05) is 6.07 Å². The average Bonchev–Trinajstić information content (AvgIpc) is 3.29. The van der Waals surface area contributed by atoms with Gasteiger partial charge in [-0.15, -0.1) is 11.3 Å². The molecule has 4 rings (SSSR count). The lowest BCUT2D eigenvalue weighted by Gasteiger charge is -2.30. The van der Waals surface area contributed by atoms with Crippen LogP contribution in [0, 0.1) is 11.3 Å². The third kappa shape index (κ3) is 5.84. The highest BCUT2D eigenvalue weighted by Crippen LogP contribution is 2.27. The first-order chi connectivity index (χ1) is 15.7. The SMILES string of the molecule is N#CCN1CCC[C@H](c2cccc(Nc3nc(C(=O)NCCc4cnccn4)cs3)n2)C1. The molecular weight excluding hydrogens is 424 g/mol. The standard InChI is InChI=1S/C22H24N8OS/c23-7-12-30-11-2-3-16(14-30)18-4-1-5-20(27-18)29-22-28-19(15-32-22)21(31)26-8-6-17-13-24-9-10-25-17/h1,4-5,9-10,13,15-16H,2-3,6,8,11-12,14H2,(H,26,31)(H,27,28,29)/t16-/m0/s1. The summed E-state index contributed by atoms with van der Waals surface area (Å²) in [5.41, 5.74) is 2.21. The molecule has 4 heterocycles. The highest BCUT2D eigenvalue weighted by atomic mass is 32.1. The molecule has 9 nitrogen and oxygen atoms in total. The first-order valence-corrected chi connectivity index (χ1v) is 11.4. The Balaban J connectivity index is 1.32. The molecule has 1 aliphatic rings. The van der Waals surface area contributed by atoms with E-state index in [2.05, 4.69) is 36.6 Å². The van der Waals surface area contributed by atoms with E-state index in [9.17, 15) is 4.79 Å². The highest BCUT2D eigenvalue weighted by molar-refractivity contribution is 7.14. The van der Waals surface area contributed by atoms with Crippen LogP contribution >= 0.6 is 11.3 Å². The van der Waals surface area contributed by atoms with Crippen LogP contribution in [-0.2, 0) is 6.42 Å². The Labute approximate surface area is 190 Å². The van der Waals surface area contributed by atoms with Gasteiger partial charge in [0.05, 0.1) is 18.3 Å². The van der Waals surface area contributed by atoms with Crippen LogP contribution in [0.2, 0.25) is 0 Å². The van der Waals surface area contributed by atoms with E-state index in [4.69, 9.17) is 10.2 Å². The number of amides is 1. The first kappa shape index (κ1) is 21.8. The summed E-state index contributed by atoms with van der Waals surface area (Å²) in [5, 5.41) is 17.4. The predicted molar refractivity (Wildman–Crippen MR) is 122 cm³/mol. The van der Waals surface area contributed by atoms with Gasteiger partial charge < -0.3 is 10.6 Å². The molecule has 0 spiro atoms. The quantitative estimate of drug-likeness (QED) is 0.505. The van der Waals surface area contributed by atoms with E-state index in [1.54, 1.807) is 24.0 Å².